The lowest BCUT2D eigenvalue weighted by molar-refractivity contribution is 0.562. The summed E-state index contributed by atoms with van der Waals surface area (Å²) >= 11 is 6.45. The molecule has 0 aliphatic rings. The highest BCUT2D eigenvalue weighted by Gasteiger charge is 2.12. The molecule has 0 amide bonds. The van der Waals surface area contributed by atoms with Crippen molar-refractivity contribution in [1.29, 1.82) is 0 Å². The number of hydrogen-bond acceptors (Lipinski definition) is 2. The number of isocyanates is 1. The van der Waals surface area contributed by atoms with Crippen LogP contribution < -0.4 is 0 Å². The van der Waals surface area contributed by atoms with Crippen LogP contribution in [0.1, 0.15) is 6.92 Å². The van der Waals surface area contributed by atoms with Crippen molar-refractivity contribution in [3.8, 4) is 0 Å². The van der Waals surface area contributed by atoms with Crippen molar-refractivity contribution in [1.82, 2.24) is 0 Å². The maximum Gasteiger partial charge on any atom is 0.235 e. The Morgan fingerprint density at radius 1 is 1.75 bits per heavy atom. The highest BCUT2D eigenvalue weighted by atomic mass is 79.9. The molecular weight excluding hydrogens is 238 g/mol. The fourth-order valence-corrected chi connectivity index (χ4v) is 0.422. The van der Waals surface area contributed by atoms with Crippen LogP contribution in [0.4, 0.5) is 0 Å². The third-order valence-corrected chi connectivity index (χ3v) is 0.923. The zero-order chi connectivity index (χ0) is 6.62. The van der Waals surface area contributed by atoms with Crippen molar-refractivity contribution in [2.45, 2.75) is 10.2 Å². The van der Waals surface area contributed by atoms with Crippen LogP contribution in [0, 0.1) is 0 Å². The summed E-state index contributed by atoms with van der Waals surface area (Å²) in [7, 11) is 0. The van der Waals surface area contributed by atoms with E-state index in [2.05, 4.69) is 36.9 Å². The summed E-state index contributed by atoms with van der Waals surface area (Å²) in [6.07, 6.45) is 1.44. The van der Waals surface area contributed by atoms with E-state index in [1.54, 1.807) is 0 Å². The van der Waals surface area contributed by atoms with Gasteiger partial charge in [-0.1, -0.05) is 31.9 Å². The van der Waals surface area contributed by atoms with Crippen molar-refractivity contribution in [3.63, 3.8) is 0 Å². The molecule has 0 unspecified atom stereocenters. The molecule has 0 aromatic carbocycles. The fourth-order valence-electron chi connectivity index (χ4n) is 0.171. The Morgan fingerprint density at radius 3 is 2.38 bits per heavy atom. The van der Waals surface area contributed by atoms with Crippen LogP contribution in [0.15, 0.2) is 4.99 Å². The first-order valence-electron chi connectivity index (χ1n) is 1.98. The molecule has 0 aliphatic heterocycles. The molecule has 46 valence electrons. The lowest BCUT2D eigenvalue weighted by Crippen LogP contribution is -2.08. The third-order valence-electron chi connectivity index (χ3n) is 0.421. The molecule has 0 saturated carbocycles. The van der Waals surface area contributed by atoms with E-state index in [4.69, 9.17) is 0 Å². The van der Waals surface area contributed by atoms with Gasteiger partial charge in [-0.25, -0.2) is 9.79 Å². The topological polar surface area (TPSA) is 29.4 Å². The van der Waals surface area contributed by atoms with E-state index in [1.165, 1.54) is 6.08 Å². The number of halogens is 2. The van der Waals surface area contributed by atoms with E-state index in [1.807, 2.05) is 6.92 Å². The van der Waals surface area contributed by atoms with Crippen molar-refractivity contribution in [2.24, 2.45) is 4.99 Å². The molecular formula is C4H5Br2NO. The van der Waals surface area contributed by atoms with Crippen LogP contribution in [0.3, 0.4) is 0 Å². The molecule has 0 aliphatic carbocycles. The second-order valence-corrected chi connectivity index (χ2v) is 6.04. The zero-order valence-corrected chi connectivity index (χ0v) is 7.49. The Labute approximate surface area is 64.6 Å². The smallest absolute Gasteiger partial charge is 0.211 e. The van der Waals surface area contributed by atoms with Gasteiger partial charge in [0.15, 0.2) is 0 Å². The molecule has 0 aromatic heterocycles. The summed E-state index contributed by atoms with van der Waals surface area (Å²) in [6, 6.07) is 0. The maximum atomic E-state index is 9.52. The largest absolute Gasteiger partial charge is 0.235 e. The Balaban J connectivity index is 3.55. The SMILES string of the molecule is CC(Br)(Br)CN=C=O. The van der Waals surface area contributed by atoms with Crippen molar-refractivity contribution >= 4 is 37.9 Å². The predicted molar refractivity (Wildman–Crippen MR) is 39.2 cm³/mol. The summed E-state index contributed by atoms with van der Waals surface area (Å²) in [6.45, 7) is 2.25. The van der Waals surface area contributed by atoms with E-state index < -0.39 is 0 Å². The first-order valence-corrected chi connectivity index (χ1v) is 3.56. The van der Waals surface area contributed by atoms with Gasteiger partial charge in [-0.2, -0.15) is 0 Å². The second-order valence-electron chi connectivity index (χ2n) is 1.48. The Hall–Kier alpha value is 0.340. The average molecular weight is 243 g/mol. The van der Waals surface area contributed by atoms with Crippen molar-refractivity contribution in [3.05, 3.63) is 0 Å². The minimum Gasteiger partial charge on any atom is -0.211 e. The molecule has 0 fully saturated rings. The molecule has 4 heteroatoms. The summed E-state index contributed by atoms with van der Waals surface area (Å²) in [5.74, 6) is 0. The quantitative estimate of drug-likeness (QED) is 0.413. The van der Waals surface area contributed by atoms with Gasteiger partial charge in [0, 0.05) is 0 Å². The van der Waals surface area contributed by atoms with Crippen LogP contribution in [-0.4, -0.2) is 15.9 Å². The molecule has 0 saturated heterocycles. The number of alkyl halides is 2. The number of nitrogens with zero attached hydrogens (tertiary/aromatic N) is 1. The number of hydrogen-bond donors (Lipinski definition) is 0. The van der Waals surface area contributed by atoms with Gasteiger partial charge in [0.1, 0.15) is 0 Å². The van der Waals surface area contributed by atoms with Gasteiger partial charge >= 0.3 is 0 Å². The van der Waals surface area contributed by atoms with Gasteiger partial charge in [0.25, 0.3) is 0 Å². The number of aliphatic imine (C=N–C) groups is 1. The second kappa shape index (κ2) is 3.38. The van der Waals surface area contributed by atoms with Crippen molar-refractivity contribution in [2.75, 3.05) is 6.54 Å². The molecule has 0 spiro atoms. The minimum atomic E-state index is -0.253. The lowest BCUT2D eigenvalue weighted by atomic mass is 10.5. The number of rotatable bonds is 2. The first-order chi connectivity index (χ1) is 3.56. The molecule has 0 aromatic rings. The van der Waals surface area contributed by atoms with E-state index in [0.717, 1.165) is 0 Å². The molecule has 0 rings (SSSR count). The van der Waals surface area contributed by atoms with Gasteiger partial charge in [-0.15, -0.1) is 0 Å². The van der Waals surface area contributed by atoms with Crippen LogP contribution >= 0.6 is 31.9 Å². The molecule has 0 bridgehead atoms. The first kappa shape index (κ1) is 8.34. The van der Waals surface area contributed by atoms with Gasteiger partial charge in [0.05, 0.1) is 9.78 Å². The lowest BCUT2D eigenvalue weighted by Gasteiger charge is -2.06. The van der Waals surface area contributed by atoms with Crippen LogP contribution in [0.5, 0.6) is 0 Å². The van der Waals surface area contributed by atoms with Crippen LogP contribution in [0.2, 0.25) is 0 Å². The fraction of sp³-hybridized carbons (Fsp3) is 0.750. The van der Waals surface area contributed by atoms with Crippen molar-refractivity contribution < 1.29 is 4.79 Å². The minimum absolute atomic E-state index is 0.253. The van der Waals surface area contributed by atoms with Crippen LogP contribution in [-0.2, 0) is 4.79 Å². The summed E-state index contributed by atoms with van der Waals surface area (Å²) < 4.78 is -0.253. The normalized spacial score (nSPS) is 10.4. The van der Waals surface area contributed by atoms with E-state index in [-0.39, 0.29) is 3.23 Å². The Morgan fingerprint density at radius 2 is 2.25 bits per heavy atom. The predicted octanol–water partition coefficient (Wildman–Crippen LogP) is 1.83. The Kier molecular flexibility index (Phi) is 3.53. The van der Waals surface area contributed by atoms with E-state index in [9.17, 15) is 4.79 Å². The molecule has 0 N–H and O–H groups in total. The third kappa shape index (κ3) is 6.34. The summed E-state index contributed by atoms with van der Waals surface area (Å²) in [4.78, 5) is 12.9. The molecule has 8 heavy (non-hydrogen) atoms. The molecule has 0 heterocycles. The van der Waals surface area contributed by atoms with E-state index >= 15 is 0 Å². The molecule has 0 atom stereocenters. The summed E-state index contributed by atoms with van der Waals surface area (Å²) in [5.41, 5.74) is 0. The molecule has 2 nitrogen and oxygen atoms in total. The maximum absolute atomic E-state index is 9.52. The van der Waals surface area contributed by atoms with Gasteiger partial charge in [-0.3, -0.25) is 0 Å². The number of carbonyl (C=O) groups excluding carboxylic acids is 1. The van der Waals surface area contributed by atoms with E-state index in [0.29, 0.717) is 6.54 Å². The van der Waals surface area contributed by atoms with Gasteiger partial charge < -0.3 is 0 Å². The van der Waals surface area contributed by atoms with Crippen LogP contribution in [0.25, 0.3) is 0 Å². The van der Waals surface area contributed by atoms with Gasteiger partial charge in [-0.05, 0) is 6.92 Å². The average Bonchev–Trinajstić information content (AvgIpc) is 1.59. The van der Waals surface area contributed by atoms with Gasteiger partial charge in [0.2, 0.25) is 6.08 Å². The molecule has 0 radical (unpaired) electrons. The standard InChI is InChI=1S/C4H5Br2NO/c1-4(5,6)2-7-3-8/h2H2,1H3. The zero-order valence-electron chi connectivity index (χ0n) is 4.32. The Bertz CT molecular complexity index is 112. The highest BCUT2D eigenvalue weighted by Crippen LogP contribution is 2.24. The monoisotopic (exact) mass is 241 g/mol. The highest BCUT2D eigenvalue weighted by molar-refractivity contribution is 9.25. The summed E-state index contributed by atoms with van der Waals surface area (Å²) in [5, 5.41) is 0.